The first-order chi connectivity index (χ1) is 9.46. The summed E-state index contributed by atoms with van der Waals surface area (Å²) in [6.07, 6.45) is 2.94. The van der Waals surface area contributed by atoms with Crippen LogP contribution in [-0.2, 0) is 6.42 Å². The van der Waals surface area contributed by atoms with E-state index < -0.39 is 0 Å². The van der Waals surface area contributed by atoms with Gasteiger partial charge in [-0.2, -0.15) is 11.8 Å². The molecule has 5 heteroatoms. The molecule has 0 atom stereocenters. The number of halogens is 1. The van der Waals surface area contributed by atoms with Crippen LogP contribution in [0.5, 0.6) is 0 Å². The average Bonchev–Trinajstić information content (AvgIpc) is 2.44. The van der Waals surface area contributed by atoms with Crippen molar-refractivity contribution in [2.24, 2.45) is 4.99 Å². The maximum absolute atomic E-state index is 12.8. The van der Waals surface area contributed by atoms with Gasteiger partial charge in [-0.3, -0.25) is 4.99 Å². The van der Waals surface area contributed by atoms with Crippen LogP contribution in [-0.4, -0.2) is 37.1 Å². The summed E-state index contributed by atoms with van der Waals surface area (Å²) in [7, 11) is 1.76. The number of hydrogen-bond acceptors (Lipinski definition) is 2. The van der Waals surface area contributed by atoms with E-state index in [1.807, 2.05) is 23.9 Å². The summed E-state index contributed by atoms with van der Waals surface area (Å²) >= 11 is 1.82. The Morgan fingerprint density at radius 1 is 1.25 bits per heavy atom. The third-order valence-electron chi connectivity index (χ3n) is 3.08. The Labute approximate surface area is 125 Å². The molecule has 1 aromatic rings. The van der Waals surface area contributed by atoms with Crippen LogP contribution < -0.4 is 10.6 Å². The summed E-state index contributed by atoms with van der Waals surface area (Å²) in [5, 5.41) is 6.58. The van der Waals surface area contributed by atoms with Crippen molar-refractivity contribution in [3.05, 3.63) is 35.6 Å². The molecular weight excluding hydrogens is 273 g/mol. The van der Waals surface area contributed by atoms with Crippen molar-refractivity contribution in [2.45, 2.75) is 25.0 Å². The molecule has 0 aliphatic heterocycles. The Kier molecular flexibility index (Phi) is 6.85. The minimum Gasteiger partial charge on any atom is -0.356 e. The van der Waals surface area contributed by atoms with Crippen molar-refractivity contribution < 1.29 is 4.39 Å². The largest absolute Gasteiger partial charge is 0.356 e. The lowest BCUT2D eigenvalue weighted by molar-refractivity contribution is 0.626. The van der Waals surface area contributed by atoms with Crippen LogP contribution in [0.15, 0.2) is 29.3 Å². The van der Waals surface area contributed by atoms with E-state index in [9.17, 15) is 4.39 Å². The van der Waals surface area contributed by atoms with Crippen molar-refractivity contribution in [1.82, 2.24) is 10.6 Å². The summed E-state index contributed by atoms with van der Waals surface area (Å²) in [5.74, 6) is 0.604. The third-order valence-corrected chi connectivity index (χ3v) is 4.33. The molecule has 0 saturated heterocycles. The molecule has 0 bridgehead atoms. The highest BCUT2D eigenvalue weighted by Crippen LogP contribution is 2.19. The molecule has 3 nitrogen and oxygen atoms in total. The molecule has 0 aliphatic rings. The van der Waals surface area contributed by atoms with Gasteiger partial charge in [0.1, 0.15) is 5.82 Å². The first-order valence-corrected chi connectivity index (χ1v) is 7.93. The van der Waals surface area contributed by atoms with Crippen LogP contribution in [0, 0.1) is 5.82 Å². The maximum atomic E-state index is 12.8. The van der Waals surface area contributed by atoms with Gasteiger partial charge in [-0.15, -0.1) is 0 Å². The predicted molar refractivity (Wildman–Crippen MR) is 87.1 cm³/mol. The zero-order valence-corrected chi connectivity index (χ0v) is 13.5. The third kappa shape index (κ3) is 6.28. The molecule has 0 saturated carbocycles. The molecule has 0 aromatic heterocycles. The van der Waals surface area contributed by atoms with E-state index in [2.05, 4.69) is 35.7 Å². The molecule has 0 spiro atoms. The summed E-state index contributed by atoms with van der Waals surface area (Å²) in [5.41, 5.74) is 1.11. The molecule has 0 heterocycles. The molecule has 0 aliphatic carbocycles. The highest BCUT2D eigenvalue weighted by molar-refractivity contribution is 7.99. The van der Waals surface area contributed by atoms with E-state index in [4.69, 9.17) is 0 Å². The summed E-state index contributed by atoms with van der Waals surface area (Å²) in [4.78, 5) is 4.20. The van der Waals surface area contributed by atoms with Crippen LogP contribution in [0.25, 0.3) is 0 Å². The van der Waals surface area contributed by atoms with Gasteiger partial charge in [0.15, 0.2) is 5.96 Å². The molecule has 0 unspecified atom stereocenters. The van der Waals surface area contributed by atoms with Gasteiger partial charge in [-0.25, -0.2) is 4.39 Å². The van der Waals surface area contributed by atoms with E-state index in [0.29, 0.717) is 0 Å². The zero-order valence-electron chi connectivity index (χ0n) is 12.7. The van der Waals surface area contributed by atoms with Gasteiger partial charge in [-0.1, -0.05) is 12.1 Å². The number of rotatable bonds is 6. The number of thioether (sulfide) groups is 1. The first-order valence-electron chi connectivity index (χ1n) is 6.71. The van der Waals surface area contributed by atoms with E-state index in [1.54, 1.807) is 7.05 Å². The maximum Gasteiger partial charge on any atom is 0.191 e. The molecular formula is C15H24FN3S. The Morgan fingerprint density at radius 2 is 1.90 bits per heavy atom. The average molecular weight is 297 g/mol. The van der Waals surface area contributed by atoms with Crippen LogP contribution >= 0.6 is 11.8 Å². The van der Waals surface area contributed by atoms with Gasteiger partial charge >= 0.3 is 0 Å². The summed E-state index contributed by atoms with van der Waals surface area (Å²) in [6, 6.07) is 6.60. The fraction of sp³-hybridized carbons (Fsp3) is 0.533. The minimum absolute atomic E-state index is 0.175. The summed E-state index contributed by atoms with van der Waals surface area (Å²) < 4.78 is 13.0. The lowest BCUT2D eigenvalue weighted by Gasteiger charge is -2.23. The number of benzene rings is 1. The Balaban J connectivity index is 2.33. The number of aliphatic imine (C=N–C) groups is 1. The molecule has 20 heavy (non-hydrogen) atoms. The zero-order chi connectivity index (χ0) is 15.0. The topological polar surface area (TPSA) is 36.4 Å². The smallest absolute Gasteiger partial charge is 0.191 e. The monoisotopic (exact) mass is 297 g/mol. The fourth-order valence-electron chi connectivity index (χ4n) is 1.57. The lowest BCUT2D eigenvalue weighted by Crippen LogP contribution is -2.43. The quantitative estimate of drug-likeness (QED) is 0.626. The minimum atomic E-state index is -0.196. The normalized spacial score (nSPS) is 12.3. The lowest BCUT2D eigenvalue weighted by atomic mass is 10.1. The Bertz CT molecular complexity index is 429. The van der Waals surface area contributed by atoms with Crippen molar-refractivity contribution in [1.29, 1.82) is 0 Å². The SMILES string of the molecule is CN=C(NCCc1ccc(F)cc1)NCC(C)(C)SC. The van der Waals surface area contributed by atoms with Crippen LogP contribution in [0.2, 0.25) is 0 Å². The number of nitrogens with zero attached hydrogens (tertiary/aromatic N) is 1. The predicted octanol–water partition coefficient (Wildman–Crippen LogP) is 2.67. The van der Waals surface area contributed by atoms with Gasteiger partial charge in [0, 0.05) is 24.9 Å². The van der Waals surface area contributed by atoms with Gasteiger partial charge in [0.25, 0.3) is 0 Å². The molecule has 112 valence electrons. The second-order valence-electron chi connectivity index (χ2n) is 5.19. The van der Waals surface area contributed by atoms with Crippen molar-refractivity contribution in [3.8, 4) is 0 Å². The molecule has 1 aromatic carbocycles. The van der Waals surface area contributed by atoms with E-state index >= 15 is 0 Å². The van der Waals surface area contributed by atoms with Gasteiger partial charge in [0.2, 0.25) is 0 Å². The highest BCUT2D eigenvalue weighted by Gasteiger charge is 2.15. The van der Waals surface area contributed by atoms with Crippen molar-refractivity contribution >= 4 is 17.7 Å². The van der Waals surface area contributed by atoms with E-state index in [1.165, 1.54) is 12.1 Å². The van der Waals surface area contributed by atoms with Crippen LogP contribution in [0.1, 0.15) is 19.4 Å². The first kappa shape index (κ1) is 16.8. The number of nitrogens with one attached hydrogen (secondary N) is 2. The standard InChI is InChI=1S/C15H24FN3S/c1-15(2,20-4)11-19-14(17-3)18-10-9-12-5-7-13(16)8-6-12/h5-8H,9-11H2,1-4H3,(H2,17,18,19). The number of guanidine groups is 1. The summed E-state index contributed by atoms with van der Waals surface area (Å²) in [6.45, 7) is 6.00. The fourth-order valence-corrected chi connectivity index (χ4v) is 1.78. The molecule has 1 rings (SSSR count). The molecule has 0 amide bonds. The van der Waals surface area contributed by atoms with Gasteiger partial charge in [-0.05, 0) is 44.2 Å². The molecule has 2 N–H and O–H groups in total. The van der Waals surface area contributed by atoms with Crippen molar-refractivity contribution in [2.75, 3.05) is 26.4 Å². The van der Waals surface area contributed by atoms with E-state index in [0.717, 1.165) is 31.0 Å². The molecule has 0 fully saturated rings. The Morgan fingerprint density at radius 3 is 2.45 bits per heavy atom. The van der Waals surface area contributed by atoms with E-state index in [-0.39, 0.29) is 10.6 Å². The van der Waals surface area contributed by atoms with Gasteiger partial charge in [0.05, 0.1) is 0 Å². The van der Waals surface area contributed by atoms with Crippen LogP contribution in [0.3, 0.4) is 0 Å². The van der Waals surface area contributed by atoms with Crippen molar-refractivity contribution in [3.63, 3.8) is 0 Å². The molecule has 0 radical (unpaired) electrons. The second kappa shape index (κ2) is 8.15. The Hall–Kier alpha value is -1.23. The highest BCUT2D eigenvalue weighted by atomic mass is 32.2. The van der Waals surface area contributed by atoms with Gasteiger partial charge < -0.3 is 10.6 Å². The second-order valence-corrected chi connectivity index (χ2v) is 6.71. The van der Waals surface area contributed by atoms with Crippen LogP contribution in [0.4, 0.5) is 4.39 Å². The number of hydrogen-bond donors (Lipinski definition) is 2.